The molecule has 84 valence electrons. The summed E-state index contributed by atoms with van der Waals surface area (Å²) in [5.41, 5.74) is 2.19. The molecule has 0 radical (unpaired) electrons. The Hall–Kier alpha value is -0.710. The van der Waals surface area contributed by atoms with Gasteiger partial charge in [0.15, 0.2) is 0 Å². The Morgan fingerprint density at radius 3 is 2.59 bits per heavy atom. The molecule has 1 nitrogen and oxygen atoms in total. The molecule has 0 atom stereocenters. The van der Waals surface area contributed by atoms with Crippen LogP contribution in [0, 0.1) is 0 Å². The van der Waals surface area contributed by atoms with Crippen molar-refractivity contribution in [1.29, 1.82) is 0 Å². The van der Waals surface area contributed by atoms with Gasteiger partial charge in [0.25, 0.3) is 0 Å². The predicted octanol–water partition coefficient (Wildman–Crippen LogP) is 5.49. The average molecular weight is 369 g/mol. The Labute approximate surface area is 120 Å². The normalized spacial score (nSPS) is 10.9. The van der Waals surface area contributed by atoms with Crippen LogP contribution in [-0.4, -0.2) is 4.98 Å². The Balaban J connectivity index is 2.20. The van der Waals surface area contributed by atoms with Crippen molar-refractivity contribution >= 4 is 53.4 Å². The average Bonchev–Trinajstić information content (AvgIpc) is 2.72. The summed E-state index contributed by atoms with van der Waals surface area (Å²) in [6, 6.07) is 14.4. The van der Waals surface area contributed by atoms with Crippen LogP contribution in [0.25, 0.3) is 20.8 Å². The fourth-order valence-electron chi connectivity index (χ4n) is 1.65. The van der Waals surface area contributed by atoms with Gasteiger partial charge in [-0.1, -0.05) is 44.0 Å². The lowest BCUT2D eigenvalue weighted by molar-refractivity contribution is 1.46. The molecular weight excluding hydrogens is 362 g/mol. The highest BCUT2D eigenvalue weighted by Gasteiger charge is 2.09. The summed E-state index contributed by atoms with van der Waals surface area (Å²) in [5.74, 6) is 0. The number of hydrogen-bond donors (Lipinski definition) is 0. The quantitative estimate of drug-likeness (QED) is 0.553. The molecule has 1 aromatic heterocycles. The van der Waals surface area contributed by atoms with Gasteiger partial charge in [0, 0.05) is 14.5 Å². The maximum Gasteiger partial charge on any atom is 0.125 e. The molecule has 0 aliphatic heterocycles. The van der Waals surface area contributed by atoms with E-state index in [1.54, 1.807) is 11.3 Å². The van der Waals surface area contributed by atoms with Crippen molar-refractivity contribution in [3.63, 3.8) is 0 Å². The number of thiazole rings is 1. The first-order valence-electron chi connectivity index (χ1n) is 5.05. The van der Waals surface area contributed by atoms with Crippen LogP contribution in [0.4, 0.5) is 0 Å². The van der Waals surface area contributed by atoms with Gasteiger partial charge < -0.3 is 0 Å². The summed E-state index contributed by atoms with van der Waals surface area (Å²) < 4.78 is 3.34. The van der Waals surface area contributed by atoms with E-state index >= 15 is 0 Å². The lowest BCUT2D eigenvalue weighted by Crippen LogP contribution is -1.78. The second kappa shape index (κ2) is 4.52. The first kappa shape index (κ1) is 11.4. The zero-order valence-corrected chi connectivity index (χ0v) is 12.6. The lowest BCUT2D eigenvalue weighted by Gasteiger charge is -2.00. The molecule has 0 saturated heterocycles. The van der Waals surface area contributed by atoms with Crippen LogP contribution >= 0.6 is 43.2 Å². The predicted molar refractivity (Wildman–Crippen MR) is 80.5 cm³/mol. The van der Waals surface area contributed by atoms with Crippen molar-refractivity contribution in [3.8, 4) is 10.6 Å². The van der Waals surface area contributed by atoms with Crippen molar-refractivity contribution in [2.75, 3.05) is 0 Å². The molecule has 0 aliphatic rings. The highest BCUT2D eigenvalue weighted by molar-refractivity contribution is 9.11. The van der Waals surface area contributed by atoms with Crippen molar-refractivity contribution < 1.29 is 0 Å². The van der Waals surface area contributed by atoms with E-state index in [-0.39, 0.29) is 0 Å². The van der Waals surface area contributed by atoms with Gasteiger partial charge in [-0.15, -0.1) is 11.3 Å². The van der Waals surface area contributed by atoms with Crippen LogP contribution in [0.3, 0.4) is 0 Å². The third-order valence-electron chi connectivity index (χ3n) is 2.46. The second-order valence-corrected chi connectivity index (χ2v) is 6.41. The third kappa shape index (κ3) is 2.17. The van der Waals surface area contributed by atoms with E-state index in [0.717, 1.165) is 25.0 Å². The van der Waals surface area contributed by atoms with Gasteiger partial charge in [-0.2, -0.15) is 0 Å². The molecule has 0 amide bonds. The van der Waals surface area contributed by atoms with Gasteiger partial charge in [0.2, 0.25) is 0 Å². The number of rotatable bonds is 1. The van der Waals surface area contributed by atoms with Gasteiger partial charge in [-0.05, 0) is 30.3 Å². The molecular formula is C13H7Br2NS. The molecule has 0 spiro atoms. The van der Waals surface area contributed by atoms with Crippen LogP contribution in [0.1, 0.15) is 0 Å². The van der Waals surface area contributed by atoms with Gasteiger partial charge >= 0.3 is 0 Å². The lowest BCUT2D eigenvalue weighted by atomic mass is 10.2. The molecule has 3 aromatic rings. The molecule has 0 fully saturated rings. The maximum atomic E-state index is 4.65. The van der Waals surface area contributed by atoms with E-state index in [0.29, 0.717) is 0 Å². The molecule has 0 bridgehead atoms. The van der Waals surface area contributed by atoms with Crippen LogP contribution < -0.4 is 0 Å². The minimum absolute atomic E-state index is 1.05. The number of nitrogens with zero attached hydrogens (tertiary/aromatic N) is 1. The number of para-hydroxylation sites is 1. The summed E-state index contributed by atoms with van der Waals surface area (Å²) >= 11 is 8.75. The Kier molecular flexibility index (Phi) is 3.03. The minimum Gasteiger partial charge on any atom is -0.236 e. The highest BCUT2D eigenvalue weighted by atomic mass is 79.9. The number of fused-ring (bicyclic) bond motifs is 1. The van der Waals surface area contributed by atoms with E-state index in [1.165, 1.54) is 4.70 Å². The zero-order valence-electron chi connectivity index (χ0n) is 8.65. The van der Waals surface area contributed by atoms with Gasteiger partial charge in [-0.25, -0.2) is 4.98 Å². The van der Waals surface area contributed by atoms with Crippen molar-refractivity contribution in [2.45, 2.75) is 0 Å². The third-order valence-corrected chi connectivity index (χ3v) is 4.67. The highest BCUT2D eigenvalue weighted by Crippen LogP contribution is 2.35. The molecule has 3 rings (SSSR count). The molecule has 0 N–H and O–H groups in total. The van der Waals surface area contributed by atoms with E-state index < -0.39 is 0 Å². The van der Waals surface area contributed by atoms with Crippen molar-refractivity contribution in [3.05, 3.63) is 51.4 Å². The summed E-state index contributed by atoms with van der Waals surface area (Å²) in [5, 5.41) is 1.05. The largest absolute Gasteiger partial charge is 0.236 e. The van der Waals surface area contributed by atoms with E-state index in [2.05, 4.69) is 49.0 Å². The monoisotopic (exact) mass is 367 g/mol. The Morgan fingerprint density at radius 1 is 1.00 bits per heavy atom. The fraction of sp³-hybridized carbons (Fsp3) is 0. The summed E-state index contributed by atoms with van der Waals surface area (Å²) in [7, 11) is 0. The zero-order chi connectivity index (χ0) is 11.8. The van der Waals surface area contributed by atoms with Gasteiger partial charge in [-0.3, -0.25) is 0 Å². The SMILES string of the molecule is Brc1ccc(-c2nc3ccccc3s2)c(Br)c1. The fourth-order valence-corrected chi connectivity index (χ4v) is 4.02. The first-order chi connectivity index (χ1) is 8.24. The standard InChI is InChI=1S/C13H7Br2NS/c14-8-5-6-9(10(15)7-8)13-16-11-3-1-2-4-12(11)17-13/h1-7H. The van der Waals surface area contributed by atoms with Crippen LogP contribution in [0.5, 0.6) is 0 Å². The summed E-state index contributed by atoms with van der Waals surface area (Å²) in [6.45, 7) is 0. The van der Waals surface area contributed by atoms with Gasteiger partial charge in [0.1, 0.15) is 5.01 Å². The van der Waals surface area contributed by atoms with Crippen LogP contribution in [0.2, 0.25) is 0 Å². The molecule has 4 heteroatoms. The number of hydrogen-bond acceptors (Lipinski definition) is 2. The van der Waals surface area contributed by atoms with Crippen molar-refractivity contribution in [2.24, 2.45) is 0 Å². The summed E-state index contributed by atoms with van der Waals surface area (Å²) in [4.78, 5) is 4.65. The number of halogens is 2. The van der Waals surface area contributed by atoms with Crippen LogP contribution in [0.15, 0.2) is 51.4 Å². The maximum absolute atomic E-state index is 4.65. The molecule has 0 aliphatic carbocycles. The smallest absolute Gasteiger partial charge is 0.125 e. The summed E-state index contributed by atoms with van der Waals surface area (Å²) in [6.07, 6.45) is 0. The second-order valence-electron chi connectivity index (χ2n) is 3.61. The molecule has 17 heavy (non-hydrogen) atoms. The van der Waals surface area contributed by atoms with Crippen molar-refractivity contribution in [1.82, 2.24) is 4.98 Å². The molecule has 0 saturated carbocycles. The van der Waals surface area contributed by atoms with Crippen LogP contribution in [-0.2, 0) is 0 Å². The van der Waals surface area contributed by atoms with E-state index in [9.17, 15) is 0 Å². The first-order valence-corrected chi connectivity index (χ1v) is 7.45. The molecule has 1 heterocycles. The van der Waals surface area contributed by atoms with Gasteiger partial charge in [0.05, 0.1) is 10.2 Å². The number of benzene rings is 2. The Morgan fingerprint density at radius 2 is 1.82 bits per heavy atom. The minimum atomic E-state index is 1.05. The molecule has 0 unspecified atom stereocenters. The Bertz CT molecular complexity index is 658. The topological polar surface area (TPSA) is 12.9 Å². The van der Waals surface area contributed by atoms with E-state index in [4.69, 9.17) is 0 Å². The molecule has 2 aromatic carbocycles. The van der Waals surface area contributed by atoms with E-state index in [1.807, 2.05) is 30.3 Å². The number of aromatic nitrogens is 1.